The van der Waals surface area contributed by atoms with Crippen LogP contribution in [0.5, 0.6) is 0 Å². The Hall–Kier alpha value is -1.27. The zero-order valence-electron chi connectivity index (χ0n) is 8.44. The lowest BCUT2D eigenvalue weighted by molar-refractivity contribution is -0.174. The van der Waals surface area contributed by atoms with Crippen molar-refractivity contribution in [1.29, 1.82) is 0 Å². The SMILES string of the molecule is CCCNC(=O)C(C)NC(=O)C(F)(F)F. The Bertz CT molecular complexity index is 241. The maximum atomic E-state index is 11.8. The molecule has 2 N–H and O–H groups in total. The van der Waals surface area contributed by atoms with E-state index >= 15 is 0 Å². The summed E-state index contributed by atoms with van der Waals surface area (Å²) < 4.78 is 35.3. The van der Waals surface area contributed by atoms with Gasteiger partial charge in [-0.3, -0.25) is 9.59 Å². The second kappa shape index (κ2) is 5.57. The fraction of sp³-hybridized carbons (Fsp3) is 0.750. The van der Waals surface area contributed by atoms with Crippen LogP contribution in [0.15, 0.2) is 0 Å². The zero-order chi connectivity index (χ0) is 12.1. The topological polar surface area (TPSA) is 58.2 Å². The molecule has 0 aromatic rings. The summed E-state index contributed by atoms with van der Waals surface area (Å²) in [5.41, 5.74) is 0. The molecular formula is C8H13F3N2O2. The molecule has 0 aromatic heterocycles. The fourth-order valence-electron chi connectivity index (χ4n) is 0.745. The Morgan fingerprint density at radius 1 is 1.33 bits per heavy atom. The van der Waals surface area contributed by atoms with Crippen molar-refractivity contribution in [1.82, 2.24) is 10.6 Å². The highest BCUT2D eigenvalue weighted by atomic mass is 19.4. The third-order valence-electron chi connectivity index (χ3n) is 1.55. The molecule has 0 radical (unpaired) electrons. The molecule has 0 aliphatic carbocycles. The third kappa shape index (κ3) is 5.24. The molecule has 0 spiro atoms. The molecule has 0 bridgehead atoms. The molecule has 0 saturated heterocycles. The maximum Gasteiger partial charge on any atom is 0.471 e. The first kappa shape index (κ1) is 13.7. The van der Waals surface area contributed by atoms with Gasteiger partial charge in [0.25, 0.3) is 0 Å². The molecule has 4 nitrogen and oxygen atoms in total. The predicted octanol–water partition coefficient (Wildman–Crippen LogP) is 0.580. The van der Waals surface area contributed by atoms with Gasteiger partial charge in [0.1, 0.15) is 6.04 Å². The van der Waals surface area contributed by atoms with Crippen molar-refractivity contribution in [3.8, 4) is 0 Å². The van der Waals surface area contributed by atoms with E-state index < -0.39 is 24.0 Å². The van der Waals surface area contributed by atoms with E-state index in [-0.39, 0.29) is 0 Å². The van der Waals surface area contributed by atoms with Crippen LogP contribution in [0.2, 0.25) is 0 Å². The molecule has 7 heteroatoms. The number of carbonyl (C=O) groups excluding carboxylic acids is 2. The summed E-state index contributed by atoms with van der Waals surface area (Å²) >= 11 is 0. The summed E-state index contributed by atoms with van der Waals surface area (Å²) in [6.45, 7) is 3.36. The van der Waals surface area contributed by atoms with E-state index in [1.807, 2.05) is 0 Å². The molecule has 0 heterocycles. The summed E-state index contributed by atoms with van der Waals surface area (Å²) in [6, 6.07) is -1.19. The van der Waals surface area contributed by atoms with Crippen molar-refractivity contribution < 1.29 is 22.8 Å². The minimum absolute atomic E-state index is 0.366. The minimum atomic E-state index is -4.96. The van der Waals surface area contributed by atoms with E-state index in [0.29, 0.717) is 13.0 Å². The van der Waals surface area contributed by atoms with Gasteiger partial charge in [-0.15, -0.1) is 0 Å². The van der Waals surface area contributed by atoms with Crippen LogP contribution in [0.1, 0.15) is 20.3 Å². The van der Waals surface area contributed by atoms with Gasteiger partial charge in [0.2, 0.25) is 5.91 Å². The first-order valence-corrected chi connectivity index (χ1v) is 4.44. The molecule has 0 rings (SSSR count). The Kier molecular flexibility index (Phi) is 5.10. The van der Waals surface area contributed by atoms with Gasteiger partial charge in [0.05, 0.1) is 0 Å². The fourth-order valence-corrected chi connectivity index (χ4v) is 0.745. The van der Waals surface area contributed by atoms with Gasteiger partial charge in [0, 0.05) is 6.54 Å². The lowest BCUT2D eigenvalue weighted by Gasteiger charge is -2.14. The van der Waals surface area contributed by atoms with E-state index in [2.05, 4.69) is 5.32 Å². The standard InChI is InChI=1S/C8H13F3N2O2/c1-3-4-12-6(14)5(2)13-7(15)8(9,10)11/h5H,3-4H2,1-2H3,(H,12,14)(H,13,15). The van der Waals surface area contributed by atoms with Gasteiger partial charge in [-0.25, -0.2) is 0 Å². The van der Waals surface area contributed by atoms with E-state index in [1.165, 1.54) is 6.92 Å². The molecule has 0 saturated carbocycles. The average molecular weight is 226 g/mol. The highest BCUT2D eigenvalue weighted by Crippen LogP contribution is 2.14. The molecule has 0 aliphatic rings. The highest BCUT2D eigenvalue weighted by Gasteiger charge is 2.39. The van der Waals surface area contributed by atoms with Crippen molar-refractivity contribution in [3.63, 3.8) is 0 Å². The predicted molar refractivity (Wildman–Crippen MR) is 47.0 cm³/mol. The summed E-state index contributed by atoms with van der Waals surface area (Å²) in [4.78, 5) is 21.5. The first-order valence-electron chi connectivity index (χ1n) is 4.44. The Morgan fingerprint density at radius 2 is 1.87 bits per heavy atom. The molecule has 1 atom stereocenters. The molecular weight excluding hydrogens is 213 g/mol. The summed E-state index contributed by atoms with van der Waals surface area (Å²) in [6.07, 6.45) is -4.29. The minimum Gasteiger partial charge on any atom is -0.354 e. The van der Waals surface area contributed by atoms with Crippen molar-refractivity contribution in [3.05, 3.63) is 0 Å². The Balaban J connectivity index is 4.08. The second-order valence-electron chi connectivity index (χ2n) is 2.98. The van der Waals surface area contributed by atoms with Gasteiger partial charge < -0.3 is 10.6 Å². The first-order chi connectivity index (χ1) is 6.79. The van der Waals surface area contributed by atoms with Crippen molar-refractivity contribution in [2.75, 3.05) is 6.54 Å². The number of carbonyl (C=O) groups is 2. The lowest BCUT2D eigenvalue weighted by atomic mass is 10.3. The van der Waals surface area contributed by atoms with Gasteiger partial charge in [-0.05, 0) is 13.3 Å². The van der Waals surface area contributed by atoms with Crippen molar-refractivity contribution in [2.24, 2.45) is 0 Å². The maximum absolute atomic E-state index is 11.8. The monoisotopic (exact) mass is 226 g/mol. The van der Waals surface area contributed by atoms with Crippen molar-refractivity contribution in [2.45, 2.75) is 32.5 Å². The highest BCUT2D eigenvalue weighted by molar-refractivity contribution is 5.89. The smallest absolute Gasteiger partial charge is 0.354 e. The van der Waals surface area contributed by atoms with Crippen LogP contribution in [0.4, 0.5) is 13.2 Å². The quantitative estimate of drug-likeness (QED) is 0.736. The third-order valence-corrected chi connectivity index (χ3v) is 1.55. The lowest BCUT2D eigenvalue weighted by Crippen LogP contribution is -2.49. The number of rotatable bonds is 4. The summed E-state index contributed by atoms with van der Waals surface area (Å²) in [7, 11) is 0. The number of hydrogen-bond acceptors (Lipinski definition) is 2. The zero-order valence-corrected chi connectivity index (χ0v) is 8.44. The normalized spacial score (nSPS) is 13.1. The van der Waals surface area contributed by atoms with Crippen LogP contribution in [0.3, 0.4) is 0 Å². The van der Waals surface area contributed by atoms with Crippen LogP contribution in [0, 0.1) is 0 Å². The van der Waals surface area contributed by atoms with Crippen LogP contribution in [-0.4, -0.2) is 30.6 Å². The number of alkyl halides is 3. The molecule has 0 aliphatic heterocycles. The van der Waals surface area contributed by atoms with Crippen LogP contribution < -0.4 is 10.6 Å². The van der Waals surface area contributed by atoms with E-state index in [9.17, 15) is 22.8 Å². The second-order valence-corrected chi connectivity index (χ2v) is 2.98. The molecule has 2 amide bonds. The number of nitrogens with one attached hydrogen (secondary N) is 2. The van der Waals surface area contributed by atoms with Gasteiger partial charge in [-0.2, -0.15) is 13.2 Å². The van der Waals surface area contributed by atoms with Crippen LogP contribution >= 0.6 is 0 Å². The van der Waals surface area contributed by atoms with Gasteiger partial charge >= 0.3 is 12.1 Å². The largest absolute Gasteiger partial charge is 0.471 e. The van der Waals surface area contributed by atoms with E-state index in [4.69, 9.17) is 0 Å². The summed E-state index contributed by atoms with van der Waals surface area (Å²) in [5, 5.41) is 3.92. The molecule has 15 heavy (non-hydrogen) atoms. The molecule has 0 aromatic carbocycles. The van der Waals surface area contributed by atoms with E-state index in [0.717, 1.165) is 0 Å². The van der Waals surface area contributed by atoms with Gasteiger partial charge in [0.15, 0.2) is 0 Å². The summed E-state index contributed by atoms with van der Waals surface area (Å²) in [5.74, 6) is -2.74. The number of halogens is 3. The van der Waals surface area contributed by atoms with Crippen LogP contribution in [-0.2, 0) is 9.59 Å². The molecule has 1 unspecified atom stereocenters. The molecule has 88 valence electrons. The molecule has 0 fully saturated rings. The Labute approximate surface area is 85.2 Å². The Morgan fingerprint density at radius 3 is 2.27 bits per heavy atom. The number of hydrogen-bond donors (Lipinski definition) is 2. The van der Waals surface area contributed by atoms with Crippen molar-refractivity contribution >= 4 is 11.8 Å². The van der Waals surface area contributed by atoms with E-state index in [1.54, 1.807) is 12.2 Å². The average Bonchev–Trinajstić information content (AvgIpc) is 2.12. The number of amides is 2. The van der Waals surface area contributed by atoms with Gasteiger partial charge in [-0.1, -0.05) is 6.92 Å². The van der Waals surface area contributed by atoms with Crippen LogP contribution in [0.25, 0.3) is 0 Å².